The largest absolute Gasteiger partial charge is 0.394 e. The molecule has 1 aromatic heterocycles. The van der Waals surface area contributed by atoms with E-state index in [2.05, 4.69) is 0 Å². The average molecular weight is 249 g/mol. The van der Waals surface area contributed by atoms with Gasteiger partial charge in [-0.05, 0) is 26.0 Å². The lowest BCUT2D eigenvalue weighted by atomic mass is 10.2. The minimum absolute atomic E-state index is 0.0520. The Balaban J connectivity index is 2.21. The lowest BCUT2D eigenvalue weighted by Gasteiger charge is -2.16. The number of thiophene rings is 1. The first-order valence-electron chi connectivity index (χ1n) is 4.73. The quantitative estimate of drug-likeness (QED) is 0.874. The van der Waals surface area contributed by atoms with E-state index in [0.29, 0.717) is 0 Å². The van der Waals surface area contributed by atoms with Crippen LogP contribution in [-0.4, -0.2) is 23.6 Å². The maximum Gasteiger partial charge on any atom is 0.164 e. The van der Waals surface area contributed by atoms with Gasteiger partial charge < -0.3 is 14.6 Å². The maximum absolute atomic E-state index is 9.20. The molecule has 2 rings (SSSR count). The normalized spacial score (nSPS) is 29.6. The molecule has 0 bridgehead atoms. The smallest absolute Gasteiger partial charge is 0.164 e. The summed E-state index contributed by atoms with van der Waals surface area (Å²) < 4.78 is 12.0. The highest BCUT2D eigenvalue weighted by Gasteiger charge is 2.42. The standard InChI is InChI=1S/C10H13ClO3S/c1-10(2)13-6(5-12)9(14-10)7-3-4-8(11)15-7/h3-4,6,9,12H,5H2,1-2H3/t6-,9-/m0/s1. The average Bonchev–Trinajstić information content (AvgIpc) is 2.69. The molecule has 0 aromatic carbocycles. The Morgan fingerprint density at radius 1 is 1.47 bits per heavy atom. The molecular weight excluding hydrogens is 236 g/mol. The third kappa shape index (κ3) is 2.34. The fraction of sp³-hybridized carbons (Fsp3) is 0.600. The van der Waals surface area contributed by atoms with Crippen LogP contribution in [0.15, 0.2) is 12.1 Å². The SMILES string of the molecule is CC1(C)O[C@@H](CO)[C@@H](c2ccc(Cl)s2)O1. The fourth-order valence-corrected chi connectivity index (χ4v) is 2.83. The van der Waals surface area contributed by atoms with Crippen molar-refractivity contribution in [3.05, 3.63) is 21.3 Å². The zero-order valence-electron chi connectivity index (χ0n) is 8.57. The number of hydrogen-bond acceptors (Lipinski definition) is 4. The van der Waals surface area contributed by atoms with Crippen LogP contribution in [0.3, 0.4) is 0 Å². The summed E-state index contributed by atoms with van der Waals surface area (Å²) in [5.74, 6) is -0.644. The summed E-state index contributed by atoms with van der Waals surface area (Å²) in [6.07, 6.45) is -0.530. The van der Waals surface area contributed by atoms with E-state index >= 15 is 0 Å². The van der Waals surface area contributed by atoms with E-state index in [1.807, 2.05) is 26.0 Å². The molecular formula is C10H13ClO3S. The molecule has 0 radical (unpaired) electrons. The predicted molar refractivity (Wildman–Crippen MR) is 59.2 cm³/mol. The van der Waals surface area contributed by atoms with Crippen LogP contribution in [0.4, 0.5) is 0 Å². The van der Waals surface area contributed by atoms with Crippen LogP contribution in [-0.2, 0) is 9.47 Å². The van der Waals surface area contributed by atoms with Gasteiger partial charge in [-0.2, -0.15) is 0 Å². The minimum atomic E-state index is -0.644. The molecule has 0 saturated carbocycles. The summed E-state index contributed by atoms with van der Waals surface area (Å²) in [5.41, 5.74) is 0. The van der Waals surface area contributed by atoms with E-state index in [1.165, 1.54) is 11.3 Å². The van der Waals surface area contributed by atoms with E-state index in [4.69, 9.17) is 21.1 Å². The van der Waals surface area contributed by atoms with Gasteiger partial charge in [0.2, 0.25) is 0 Å². The molecule has 2 atom stereocenters. The number of aliphatic hydroxyl groups is 1. The third-order valence-corrected chi connectivity index (χ3v) is 3.53. The molecule has 0 aliphatic carbocycles. The van der Waals surface area contributed by atoms with Crippen molar-refractivity contribution in [1.82, 2.24) is 0 Å². The van der Waals surface area contributed by atoms with Gasteiger partial charge in [0.05, 0.1) is 10.9 Å². The molecule has 1 fully saturated rings. The van der Waals surface area contributed by atoms with Crippen molar-refractivity contribution in [2.75, 3.05) is 6.61 Å². The van der Waals surface area contributed by atoms with E-state index in [1.54, 1.807) is 0 Å². The molecule has 1 aliphatic rings. The first-order chi connectivity index (χ1) is 7.02. The fourth-order valence-electron chi connectivity index (χ4n) is 1.69. The molecule has 1 aromatic rings. The van der Waals surface area contributed by atoms with Gasteiger partial charge >= 0.3 is 0 Å². The third-order valence-electron chi connectivity index (χ3n) is 2.24. The highest BCUT2D eigenvalue weighted by molar-refractivity contribution is 7.16. The summed E-state index contributed by atoms with van der Waals surface area (Å²) >= 11 is 7.31. The second-order valence-corrected chi connectivity index (χ2v) is 5.67. The van der Waals surface area contributed by atoms with Crippen molar-refractivity contribution in [3.8, 4) is 0 Å². The van der Waals surface area contributed by atoms with Gasteiger partial charge in [0.1, 0.15) is 12.2 Å². The molecule has 0 amide bonds. The van der Waals surface area contributed by atoms with E-state index < -0.39 is 5.79 Å². The van der Waals surface area contributed by atoms with Gasteiger partial charge in [-0.15, -0.1) is 11.3 Å². The van der Waals surface area contributed by atoms with E-state index in [0.717, 1.165) is 9.21 Å². The van der Waals surface area contributed by atoms with Crippen LogP contribution >= 0.6 is 22.9 Å². The first-order valence-corrected chi connectivity index (χ1v) is 5.93. The predicted octanol–water partition coefficient (Wildman–Crippen LogP) is 2.59. The highest BCUT2D eigenvalue weighted by atomic mass is 35.5. The van der Waals surface area contributed by atoms with Gasteiger partial charge in [-0.1, -0.05) is 11.6 Å². The zero-order valence-corrected chi connectivity index (χ0v) is 10.1. The molecule has 1 N–H and O–H groups in total. The molecule has 1 saturated heterocycles. The monoisotopic (exact) mass is 248 g/mol. The van der Waals surface area contributed by atoms with Crippen LogP contribution in [0, 0.1) is 0 Å². The van der Waals surface area contributed by atoms with Gasteiger partial charge in [-0.3, -0.25) is 0 Å². The Kier molecular flexibility index (Phi) is 3.05. The Labute approximate surface area is 97.6 Å². The molecule has 2 heterocycles. The van der Waals surface area contributed by atoms with Gasteiger partial charge in [-0.25, -0.2) is 0 Å². The number of hydrogen-bond donors (Lipinski definition) is 1. The van der Waals surface area contributed by atoms with Crippen molar-refractivity contribution in [1.29, 1.82) is 0 Å². The molecule has 5 heteroatoms. The molecule has 0 spiro atoms. The lowest BCUT2D eigenvalue weighted by molar-refractivity contribution is -0.149. The van der Waals surface area contributed by atoms with Crippen LogP contribution in [0.2, 0.25) is 4.34 Å². The number of halogens is 1. The second kappa shape index (κ2) is 4.03. The van der Waals surface area contributed by atoms with Crippen molar-refractivity contribution in [2.24, 2.45) is 0 Å². The van der Waals surface area contributed by atoms with Gasteiger partial charge in [0, 0.05) is 4.88 Å². The Morgan fingerprint density at radius 3 is 2.73 bits per heavy atom. The maximum atomic E-state index is 9.20. The van der Waals surface area contributed by atoms with Crippen molar-refractivity contribution in [2.45, 2.75) is 31.8 Å². The first kappa shape index (κ1) is 11.4. The second-order valence-electron chi connectivity index (χ2n) is 3.92. The van der Waals surface area contributed by atoms with Crippen LogP contribution in [0.1, 0.15) is 24.8 Å². The highest BCUT2D eigenvalue weighted by Crippen LogP contribution is 2.41. The topological polar surface area (TPSA) is 38.7 Å². The Hall–Kier alpha value is -0.130. The van der Waals surface area contributed by atoms with Crippen molar-refractivity contribution < 1.29 is 14.6 Å². The summed E-state index contributed by atoms with van der Waals surface area (Å²) in [4.78, 5) is 0.990. The Morgan fingerprint density at radius 2 is 2.20 bits per heavy atom. The van der Waals surface area contributed by atoms with Crippen molar-refractivity contribution in [3.63, 3.8) is 0 Å². The van der Waals surface area contributed by atoms with E-state index in [-0.39, 0.29) is 18.8 Å². The number of ether oxygens (including phenoxy) is 2. The van der Waals surface area contributed by atoms with Crippen molar-refractivity contribution >= 4 is 22.9 Å². The lowest BCUT2D eigenvalue weighted by Crippen LogP contribution is -2.23. The Bertz CT molecular complexity index is 350. The molecule has 3 nitrogen and oxygen atoms in total. The number of rotatable bonds is 2. The van der Waals surface area contributed by atoms with Crippen LogP contribution in [0.25, 0.3) is 0 Å². The van der Waals surface area contributed by atoms with Gasteiger partial charge in [0.15, 0.2) is 5.79 Å². The molecule has 1 aliphatic heterocycles. The summed E-state index contributed by atoms with van der Waals surface area (Å²) in [6.45, 7) is 3.62. The number of aliphatic hydroxyl groups excluding tert-OH is 1. The minimum Gasteiger partial charge on any atom is -0.394 e. The summed E-state index contributed by atoms with van der Waals surface area (Å²) in [7, 11) is 0. The van der Waals surface area contributed by atoms with Crippen LogP contribution in [0.5, 0.6) is 0 Å². The molecule has 15 heavy (non-hydrogen) atoms. The van der Waals surface area contributed by atoms with E-state index in [9.17, 15) is 5.11 Å². The summed E-state index contributed by atoms with van der Waals surface area (Å²) in [5, 5.41) is 9.20. The zero-order chi connectivity index (χ0) is 11.1. The summed E-state index contributed by atoms with van der Waals surface area (Å²) in [6, 6.07) is 3.73. The molecule has 0 unspecified atom stereocenters. The van der Waals surface area contributed by atoms with Gasteiger partial charge in [0.25, 0.3) is 0 Å². The van der Waals surface area contributed by atoms with Crippen LogP contribution < -0.4 is 0 Å². The molecule has 84 valence electrons.